The highest BCUT2D eigenvalue weighted by atomic mass is 35.5. The first-order valence-electron chi connectivity index (χ1n) is 8.35. The van der Waals surface area contributed by atoms with Gasteiger partial charge in [-0.05, 0) is 61.0 Å². The zero-order valence-corrected chi connectivity index (χ0v) is 15.5. The number of methoxy groups -OCH3 is 1. The molecule has 1 amide bonds. The molecular formula is C21H20ClNO3. The van der Waals surface area contributed by atoms with Gasteiger partial charge in [-0.3, -0.25) is 4.79 Å². The third-order valence-corrected chi connectivity index (χ3v) is 4.59. The van der Waals surface area contributed by atoms with Crippen LogP contribution in [0.2, 0.25) is 5.02 Å². The van der Waals surface area contributed by atoms with Crippen LogP contribution in [0.4, 0.5) is 5.69 Å². The van der Waals surface area contributed by atoms with Crippen molar-refractivity contribution in [3.63, 3.8) is 0 Å². The van der Waals surface area contributed by atoms with E-state index in [0.717, 1.165) is 34.1 Å². The molecule has 0 fully saturated rings. The summed E-state index contributed by atoms with van der Waals surface area (Å²) in [4.78, 5) is 12.2. The number of ether oxygens (including phenoxy) is 1. The van der Waals surface area contributed by atoms with E-state index in [2.05, 4.69) is 5.32 Å². The van der Waals surface area contributed by atoms with Gasteiger partial charge in [0, 0.05) is 29.1 Å². The number of rotatable bonds is 6. The van der Waals surface area contributed by atoms with Crippen molar-refractivity contribution in [2.24, 2.45) is 0 Å². The third-order valence-electron chi connectivity index (χ3n) is 4.18. The van der Waals surface area contributed by atoms with E-state index >= 15 is 0 Å². The van der Waals surface area contributed by atoms with Crippen LogP contribution in [0.25, 0.3) is 11.3 Å². The normalized spacial score (nSPS) is 10.6. The van der Waals surface area contributed by atoms with Crippen LogP contribution in [0.1, 0.15) is 17.7 Å². The van der Waals surface area contributed by atoms with Crippen LogP contribution in [-0.4, -0.2) is 13.0 Å². The van der Waals surface area contributed by atoms with Gasteiger partial charge in [-0.15, -0.1) is 0 Å². The van der Waals surface area contributed by atoms with Crippen molar-refractivity contribution in [2.75, 3.05) is 12.4 Å². The number of hydrogen-bond acceptors (Lipinski definition) is 3. The van der Waals surface area contributed by atoms with Crippen molar-refractivity contribution in [3.8, 4) is 17.1 Å². The Morgan fingerprint density at radius 2 is 1.88 bits per heavy atom. The smallest absolute Gasteiger partial charge is 0.224 e. The molecule has 1 N–H and O–H groups in total. The molecule has 2 aromatic carbocycles. The van der Waals surface area contributed by atoms with Gasteiger partial charge in [0.15, 0.2) is 0 Å². The summed E-state index contributed by atoms with van der Waals surface area (Å²) in [6, 6.07) is 16.9. The summed E-state index contributed by atoms with van der Waals surface area (Å²) >= 11 is 6.08. The second kappa shape index (κ2) is 8.11. The number of halogens is 1. The number of benzene rings is 2. The number of nitrogens with one attached hydrogen (secondary N) is 1. The van der Waals surface area contributed by atoms with E-state index in [9.17, 15) is 4.79 Å². The second-order valence-electron chi connectivity index (χ2n) is 5.96. The van der Waals surface area contributed by atoms with Crippen molar-refractivity contribution in [1.29, 1.82) is 0 Å². The summed E-state index contributed by atoms with van der Waals surface area (Å²) < 4.78 is 11.0. The summed E-state index contributed by atoms with van der Waals surface area (Å²) in [5, 5.41) is 3.53. The maximum atomic E-state index is 12.2. The van der Waals surface area contributed by atoms with Crippen LogP contribution in [0.5, 0.6) is 5.75 Å². The number of anilines is 1. The molecule has 0 atom stereocenters. The third kappa shape index (κ3) is 4.27. The fourth-order valence-corrected chi connectivity index (χ4v) is 2.79. The molecular weight excluding hydrogens is 350 g/mol. The lowest BCUT2D eigenvalue weighted by molar-refractivity contribution is -0.116. The van der Waals surface area contributed by atoms with Crippen LogP contribution in [0.15, 0.2) is 59.0 Å². The molecule has 0 saturated carbocycles. The quantitative estimate of drug-likeness (QED) is 0.625. The molecule has 0 saturated heterocycles. The van der Waals surface area contributed by atoms with Gasteiger partial charge in [0.25, 0.3) is 0 Å². The Bertz CT molecular complexity index is 900. The molecule has 3 rings (SSSR count). The second-order valence-corrected chi connectivity index (χ2v) is 6.36. The molecule has 3 aromatic rings. The number of carbonyl (C=O) groups excluding carboxylic acids is 1. The minimum Gasteiger partial charge on any atom is -0.497 e. The number of furan rings is 1. The molecule has 1 heterocycles. The predicted molar refractivity (Wildman–Crippen MR) is 104 cm³/mol. The lowest BCUT2D eigenvalue weighted by Crippen LogP contribution is -2.13. The highest BCUT2D eigenvalue weighted by molar-refractivity contribution is 6.31. The summed E-state index contributed by atoms with van der Waals surface area (Å²) in [5.41, 5.74) is 2.57. The van der Waals surface area contributed by atoms with Crippen molar-refractivity contribution in [2.45, 2.75) is 19.8 Å². The molecule has 134 valence electrons. The van der Waals surface area contributed by atoms with Crippen molar-refractivity contribution >= 4 is 23.2 Å². The molecule has 0 radical (unpaired) electrons. The lowest BCUT2D eigenvalue weighted by atomic mass is 10.1. The van der Waals surface area contributed by atoms with Gasteiger partial charge >= 0.3 is 0 Å². The Hall–Kier alpha value is -2.72. The van der Waals surface area contributed by atoms with E-state index in [1.807, 2.05) is 55.5 Å². The first-order chi connectivity index (χ1) is 12.6. The van der Waals surface area contributed by atoms with E-state index in [1.165, 1.54) is 0 Å². The summed E-state index contributed by atoms with van der Waals surface area (Å²) in [7, 11) is 1.63. The number of amides is 1. The van der Waals surface area contributed by atoms with Crippen LogP contribution >= 0.6 is 11.6 Å². The standard InChI is InChI=1S/C21H20ClNO3/c1-14-18(22)4-3-5-19(14)23-21(24)13-11-17-10-12-20(26-17)15-6-8-16(25-2)9-7-15/h3-10,12H,11,13H2,1-2H3,(H,23,24). The summed E-state index contributed by atoms with van der Waals surface area (Å²) in [6.45, 7) is 1.88. The monoisotopic (exact) mass is 369 g/mol. The fraction of sp³-hybridized carbons (Fsp3) is 0.190. The maximum absolute atomic E-state index is 12.2. The minimum atomic E-state index is -0.0715. The molecule has 0 spiro atoms. The van der Waals surface area contributed by atoms with E-state index in [4.69, 9.17) is 20.8 Å². The van der Waals surface area contributed by atoms with Gasteiger partial charge in [-0.2, -0.15) is 0 Å². The van der Waals surface area contributed by atoms with E-state index in [1.54, 1.807) is 13.2 Å². The Morgan fingerprint density at radius 3 is 2.62 bits per heavy atom. The van der Waals surface area contributed by atoms with Gasteiger partial charge in [-0.25, -0.2) is 0 Å². The predicted octanol–water partition coefficient (Wildman–Crippen LogP) is 5.49. The highest BCUT2D eigenvalue weighted by Gasteiger charge is 2.10. The Morgan fingerprint density at radius 1 is 1.12 bits per heavy atom. The maximum Gasteiger partial charge on any atom is 0.224 e. The van der Waals surface area contributed by atoms with E-state index in [0.29, 0.717) is 17.9 Å². The first kappa shape index (κ1) is 18.1. The number of carbonyl (C=O) groups is 1. The van der Waals surface area contributed by atoms with Gasteiger partial charge < -0.3 is 14.5 Å². The topological polar surface area (TPSA) is 51.5 Å². The molecule has 0 aliphatic rings. The van der Waals surface area contributed by atoms with Gasteiger partial charge in [0.05, 0.1) is 7.11 Å². The molecule has 0 aliphatic carbocycles. The SMILES string of the molecule is COc1ccc(-c2ccc(CCC(=O)Nc3cccc(Cl)c3C)o2)cc1. The Balaban J connectivity index is 1.59. The fourth-order valence-electron chi connectivity index (χ4n) is 2.62. The number of hydrogen-bond donors (Lipinski definition) is 1. The van der Waals surface area contributed by atoms with Gasteiger partial charge in [-0.1, -0.05) is 17.7 Å². The molecule has 5 heteroatoms. The molecule has 0 unspecified atom stereocenters. The van der Waals surface area contributed by atoms with E-state index in [-0.39, 0.29) is 5.91 Å². The highest BCUT2D eigenvalue weighted by Crippen LogP contribution is 2.26. The van der Waals surface area contributed by atoms with Gasteiger partial charge in [0.2, 0.25) is 5.91 Å². The van der Waals surface area contributed by atoms with Crippen molar-refractivity contribution in [3.05, 3.63) is 70.9 Å². The average Bonchev–Trinajstić information content (AvgIpc) is 3.13. The summed E-state index contributed by atoms with van der Waals surface area (Å²) in [5.74, 6) is 2.27. The summed E-state index contributed by atoms with van der Waals surface area (Å²) in [6.07, 6.45) is 0.864. The molecule has 4 nitrogen and oxygen atoms in total. The van der Waals surface area contributed by atoms with Crippen LogP contribution in [-0.2, 0) is 11.2 Å². The van der Waals surface area contributed by atoms with Crippen molar-refractivity contribution in [1.82, 2.24) is 0 Å². The minimum absolute atomic E-state index is 0.0715. The Labute approximate surface area is 157 Å². The van der Waals surface area contributed by atoms with Crippen LogP contribution in [0.3, 0.4) is 0 Å². The zero-order valence-electron chi connectivity index (χ0n) is 14.7. The Kier molecular flexibility index (Phi) is 5.64. The molecule has 0 aliphatic heterocycles. The zero-order chi connectivity index (χ0) is 18.5. The number of aryl methyl sites for hydroxylation is 1. The van der Waals surface area contributed by atoms with Crippen LogP contribution in [0, 0.1) is 6.92 Å². The first-order valence-corrected chi connectivity index (χ1v) is 8.72. The molecule has 0 bridgehead atoms. The van der Waals surface area contributed by atoms with E-state index < -0.39 is 0 Å². The van der Waals surface area contributed by atoms with Crippen LogP contribution < -0.4 is 10.1 Å². The van der Waals surface area contributed by atoms with Gasteiger partial charge in [0.1, 0.15) is 17.3 Å². The molecule has 1 aromatic heterocycles. The average molecular weight is 370 g/mol. The largest absolute Gasteiger partial charge is 0.497 e. The molecule has 26 heavy (non-hydrogen) atoms. The lowest BCUT2D eigenvalue weighted by Gasteiger charge is -2.09. The van der Waals surface area contributed by atoms with Crippen molar-refractivity contribution < 1.29 is 13.9 Å².